The Labute approximate surface area is 116 Å². The highest BCUT2D eigenvalue weighted by Gasteiger charge is 2.22. The van der Waals surface area contributed by atoms with Gasteiger partial charge in [0.05, 0.1) is 0 Å². The van der Waals surface area contributed by atoms with E-state index in [2.05, 4.69) is 43.0 Å². The van der Waals surface area contributed by atoms with Gasteiger partial charge in [-0.25, -0.2) is 0 Å². The van der Waals surface area contributed by atoms with Crippen molar-refractivity contribution in [1.82, 2.24) is 0 Å². The van der Waals surface area contributed by atoms with Crippen LogP contribution in [0.5, 0.6) is 0 Å². The van der Waals surface area contributed by atoms with Gasteiger partial charge in [0, 0.05) is 31.1 Å². The minimum Gasteiger partial charge on any atom is -0.371 e. The zero-order valence-corrected chi connectivity index (χ0v) is 12.2. The topological polar surface area (TPSA) is 20.3 Å². The fraction of sp³-hybridized carbons (Fsp3) is 0.588. The Kier molecular flexibility index (Phi) is 5.00. The molecule has 0 aliphatic heterocycles. The maximum absolute atomic E-state index is 12.1. The molecular formula is C17H25NO. The third-order valence-corrected chi connectivity index (χ3v) is 4.12. The second-order valence-corrected chi connectivity index (χ2v) is 5.64. The molecule has 0 spiro atoms. The van der Waals surface area contributed by atoms with Crippen LogP contribution < -0.4 is 4.90 Å². The number of nitrogens with zero attached hydrogens (tertiary/aromatic N) is 1. The summed E-state index contributed by atoms with van der Waals surface area (Å²) in [5.74, 6) is 0.714. The SMILES string of the molecule is CCN(CC1CCCCCC1=O)c1cccc(C)c1. The van der Waals surface area contributed by atoms with Gasteiger partial charge in [0.2, 0.25) is 0 Å². The van der Waals surface area contributed by atoms with E-state index in [1.165, 1.54) is 24.1 Å². The van der Waals surface area contributed by atoms with Crippen LogP contribution in [-0.4, -0.2) is 18.9 Å². The number of aryl methyl sites for hydroxylation is 1. The van der Waals surface area contributed by atoms with E-state index in [1.54, 1.807) is 0 Å². The van der Waals surface area contributed by atoms with Crippen molar-refractivity contribution in [3.63, 3.8) is 0 Å². The highest BCUT2D eigenvalue weighted by molar-refractivity contribution is 5.81. The summed E-state index contributed by atoms with van der Waals surface area (Å²) in [6.07, 6.45) is 5.38. The van der Waals surface area contributed by atoms with E-state index in [9.17, 15) is 4.79 Å². The molecule has 1 aliphatic rings. The van der Waals surface area contributed by atoms with Crippen LogP contribution in [0.4, 0.5) is 5.69 Å². The molecule has 0 heterocycles. The number of benzene rings is 1. The molecule has 1 fully saturated rings. The number of rotatable bonds is 4. The van der Waals surface area contributed by atoms with E-state index in [1.807, 2.05) is 0 Å². The van der Waals surface area contributed by atoms with Gasteiger partial charge in [-0.3, -0.25) is 4.79 Å². The molecule has 1 unspecified atom stereocenters. The van der Waals surface area contributed by atoms with E-state index in [4.69, 9.17) is 0 Å². The van der Waals surface area contributed by atoms with Crippen LogP contribution >= 0.6 is 0 Å². The summed E-state index contributed by atoms with van der Waals surface area (Å²) in [6.45, 7) is 6.14. The van der Waals surface area contributed by atoms with Gasteiger partial charge in [-0.15, -0.1) is 0 Å². The maximum atomic E-state index is 12.1. The van der Waals surface area contributed by atoms with Crippen molar-refractivity contribution < 1.29 is 4.79 Å². The molecule has 0 amide bonds. The van der Waals surface area contributed by atoms with Gasteiger partial charge in [0.1, 0.15) is 5.78 Å². The zero-order valence-electron chi connectivity index (χ0n) is 12.2. The molecule has 0 aromatic heterocycles. The monoisotopic (exact) mass is 259 g/mol. The third-order valence-electron chi connectivity index (χ3n) is 4.12. The Bertz CT molecular complexity index is 427. The number of carbonyl (C=O) groups is 1. The molecule has 2 rings (SSSR count). The first kappa shape index (κ1) is 14.1. The van der Waals surface area contributed by atoms with Gasteiger partial charge in [-0.05, 0) is 44.4 Å². The maximum Gasteiger partial charge on any atom is 0.137 e. The molecule has 1 atom stereocenters. The average molecular weight is 259 g/mol. The molecule has 1 aromatic carbocycles. The van der Waals surface area contributed by atoms with Crippen LogP contribution in [0, 0.1) is 12.8 Å². The fourth-order valence-electron chi connectivity index (χ4n) is 2.93. The molecule has 2 heteroatoms. The van der Waals surface area contributed by atoms with Crippen molar-refractivity contribution >= 4 is 11.5 Å². The third kappa shape index (κ3) is 3.82. The Morgan fingerprint density at radius 3 is 2.84 bits per heavy atom. The predicted molar refractivity (Wildman–Crippen MR) is 80.6 cm³/mol. The largest absolute Gasteiger partial charge is 0.371 e. The Balaban J connectivity index is 2.07. The number of hydrogen-bond donors (Lipinski definition) is 0. The highest BCUT2D eigenvalue weighted by atomic mass is 16.1. The van der Waals surface area contributed by atoms with Crippen molar-refractivity contribution in [1.29, 1.82) is 0 Å². The van der Waals surface area contributed by atoms with Crippen LogP contribution in [0.25, 0.3) is 0 Å². The predicted octanol–water partition coefficient (Wildman–Crippen LogP) is 3.97. The number of hydrogen-bond acceptors (Lipinski definition) is 2. The summed E-state index contributed by atoms with van der Waals surface area (Å²) in [4.78, 5) is 14.5. The van der Waals surface area contributed by atoms with Crippen molar-refractivity contribution in [3.05, 3.63) is 29.8 Å². The summed E-state index contributed by atoms with van der Waals surface area (Å²) in [5, 5.41) is 0. The standard InChI is InChI=1S/C17H25NO/c1-3-18(16-10-7-8-14(2)12-16)13-15-9-5-4-6-11-17(15)19/h7-8,10,12,15H,3-6,9,11,13H2,1-2H3. The minimum atomic E-state index is 0.239. The lowest BCUT2D eigenvalue weighted by Crippen LogP contribution is -2.32. The second-order valence-electron chi connectivity index (χ2n) is 5.64. The van der Waals surface area contributed by atoms with Crippen LogP contribution in [0.2, 0.25) is 0 Å². The molecule has 19 heavy (non-hydrogen) atoms. The Hall–Kier alpha value is -1.31. The highest BCUT2D eigenvalue weighted by Crippen LogP contribution is 2.24. The van der Waals surface area contributed by atoms with Gasteiger partial charge in [0.25, 0.3) is 0 Å². The summed E-state index contributed by atoms with van der Waals surface area (Å²) in [7, 11) is 0. The smallest absolute Gasteiger partial charge is 0.137 e. The molecule has 0 bridgehead atoms. The first-order valence-corrected chi connectivity index (χ1v) is 7.55. The van der Waals surface area contributed by atoms with E-state index in [0.29, 0.717) is 5.78 Å². The first-order chi connectivity index (χ1) is 9.20. The average Bonchev–Trinajstić information content (AvgIpc) is 2.61. The molecule has 1 aromatic rings. The number of Topliss-reactive ketones (excluding diaryl/α,β-unsaturated/α-hetero) is 1. The molecule has 1 aliphatic carbocycles. The first-order valence-electron chi connectivity index (χ1n) is 7.55. The van der Waals surface area contributed by atoms with Crippen LogP contribution in [0.15, 0.2) is 24.3 Å². The molecule has 1 saturated carbocycles. The lowest BCUT2D eigenvalue weighted by Gasteiger charge is -2.27. The minimum absolute atomic E-state index is 0.239. The summed E-state index contributed by atoms with van der Waals surface area (Å²) in [5.41, 5.74) is 2.53. The molecule has 0 N–H and O–H groups in total. The molecule has 0 radical (unpaired) electrons. The lowest BCUT2D eigenvalue weighted by atomic mass is 9.98. The fourth-order valence-corrected chi connectivity index (χ4v) is 2.93. The van der Waals surface area contributed by atoms with Gasteiger partial charge in [-0.2, -0.15) is 0 Å². The van der Waals surface area contributed by atoms with Crippen LogP contribution in [-0.2, 0) is 4.79 Å². The Morgan fingerprint density at radius 2 is 2.11 bits per heavy atom. The molecule has 2 nitrogen and oxygen atoms in total. The molecule has 0 saturated heterocycles. The zero-order chi connectivity index (χ0) is 13.7. The van der Waals surface area contributed by atoms with Crippen LogP contribution in [0.1, 0.15) is 44.6 Å². The number of carbonyl (C=O) groups excluding carboxylic acids is 1. The van der Waals surface area contributed by atoms with E-state index < -0.39 is 0 Å². The van der Waals surface area contributed by atoms with Crippen molar-refractivity contribution in [2.75, 3.05) is 18.0 Å². The van der Waals surface area contributed by atoms with Crippen molar-refractivity contribution in [3.8, 4) is 0 Å². The second kappa shape index (κ2) is 6.74. The summed E-state index contributed by atoms with van der Waals surface area (Å²) < 4.78 is 0. The van der Waals surface area contributed by atoms with Crippen molar-refractivity contribution in [2.24, 2.45) is 5.92 Å². The van der Waals surface area contributed by atoms with E-state index in [0.717, 1.165) is 32.4 Å². The molecular weight excluding hydrogens is 234 g/mol. The summed E-state index contributed by atoms with van der Waals surface area (Å²) in [6, 6.07) is 8.58. The molecule has 104 valence electrons. The van der Waals surface area contributed by atoms with Crippen LogP contribution in [0.3, 0.4) is 0 Å². The lowest BCUT2D eigenvalue weighted by molar-refractivity contribution is -0.122. The van der Waals surface area contributed by atoms with Gasteiger partial charge in [0.15, 0.2) is 0 Å². The van der Waals surface area contributed by atoms with Crippen molar-refractivity contribution in [2.45, 2.75) is 46.0 Å². The normalized spacial score (nSPS) is 20.1. The summed E-state index contributed by atoms with van der Waals surface area (Å²) >= 11 is 0. The van der Waals surface area contributed by atoms with E-state index >= 15 is 0 Å². The van der Waals surface area contributed by atoms with Gasteiger partial charge >= 0.3 is 0 Å². The number of ketones is 1. The van der Waals surface area contributed by atoms with Gasteiger partial charge in [-0.1, -0.05) is 25.0 Å². The number of anilines is 1. The van der Waals surface area contributed by atoms with Gasteiger partial charge < -0.3 is 4.90 Å². The Morgan fingerprint density at radius 1 is 1.26 bits per heavy atom. The quantitative estimate of drug-likeness (QED) is 0.763. The van der Waals surface area contributed by atoms with E-state index in [-0.39, 0.29) is 5.92 Å².